The maximum absolute atomic E-state index is 6.07. The van der Waals surface area contributed by atoms with Gasteiger partial charge in [-0.15, -0.1) is 0 Å². The van der Waals surface area contributed by atoms with Crippen LogP contribution in [0, 0.1) is 0 Å². The summed E-state index contributed by atoms with van der Waals surface area (Å²) in [7, 11) is 1.79. The first-order chi connectivity index (χ1) is 17.3. The summed E-state index contributed by atoms with van der Waals surface area (Å²) in [6.07, 6.45) is 3.19. The molecule has 0 bridgehead atoms. The number of hydrogen-bond donors (Lipinski definition) is 0. The summed E-state index contributed by atoms with van der Waals surface area (Å²) in [6, 6.07) is 32.7. The lowest BCUT2D eigenvalue weighted by atomic mass is 9.87. The number of fused-ring (bicyclic) bond motifs is 3. The van der Waals surface area contributed by atoms with E-state index in [1.54, 1.807) is 7.11 Å². The van der Waals surface area contributed by atoms with Gasteiger partial charge in [0.2, 0.25) is 0 Å². The van der Waals surface area contributed by atoms with Crippen LogP contribution in [0.4, 0.5) is 5.69 Å². The summed E-state index contributed by atoms with van der Waals surface area (Å²) in [5.41, 5.74) is 5.85. The van der Waals surface area contributed by atoms with E-state index in [9.17, 15) is 0 Å². The normalized spacial score (nSPS) is 15.2. The van der Waals surface area contributed by atoms with Gasteiger partial charge in [-0.1, -0.05) is 78.9 Å². The van der Waals surface area contributed by atoms with Crippen molar-refractivity contribution in [2.45, 2.75) is 32.2 Å². The highest BCUT2D eigenvalue weighted by Crippen LogP contribution is 2.44. The van der Waals surface area contributed by atoms with Gasteiger partial charge in [-0.3, -0.25) is 4.98 Å². The lowest BCUT2D eigenvalue weighted by Crippen LogP contribution is -2.32. The average molecular weight is 459 g/mol. The second-order valence-corrected chi connectivity index (χ2v) is 9.29. The van der Waals surface area contributed by atoms with Crippen LogP contribution in [-0.4, -0.2) is 18.6 Å². The predicted octanol–water partition coefficient (Wildman–Crippen LogP) is 7.97. The number of benzene rings is 4. The molecule has 0 saturated carbocycles. The number of rotatable bonds is 5. The van der Waals surface area contributed by atoms with Gasteiger partial charge in [0.1, 0.15) is 5.75 Å². The van der Waals surface area contributed by atoms with Crippen molar-refractivity contribution < 1.29 is 4.74 Å². The van der Waals surface area contributed by atoms with Crippen molar-refractivity contribution in [1.29, 1.82) is 0 Å². The quantitative estimate of drug-likeness (QED) is 0.267. The largest absolute Gasteiger partial charge is 0.496 e. The number of nitrogens with zero attached hydrogens (tertiary/aromatic N) is 2. The Bertz CT molecular complexity index is 1500. The van der Waals surface area contributed by atoms with Gasteiger partial charge in [-0.2, -0.15) is 0 Å². The zero-order chi connectivity index (χ0) is 23.8. The van der Waals surface area contributed by atoms with E-state index in [1.807, 2.05) is 0 Å². The molecule has 1 unspecified atom stereocenters. The third-order valence-corrected chi connectivity index (χ3v) is 7.40. The van der Waals surface area contributed by atoms with Crippen LogP contribution >= 0.6 is 0 Å². The van der Waals surface area contributed by atoms with Crippen LogP contribution in [0.2, 0.25) is 0 Å². The van der Waals surface area contributed by atoms with Crippen molar-refractivity contribution in [3.05, 3.63) is 102 Å². The van der Waals surface area contributed by atoms with Crippen LogP contribution in [0.15, 0.2) is 91.0 Å². The monoisotopic (exact) mass is 458 g/mol. The van der Waals surface area contributed by atoms with Gasteiger partial charge in [0, 0.05) is 34.8 Å². The molecule has 3 heteroatoms. The molecule has 1 aliphatic rings. The summed E-state index contributed by atoms with van der Waals surface area (Å²) in [4.78, 5) is 7.80. The van der Waals surface area contributed by atoms with Crippen molar-refractivity contribution >= 4 is 27.2 Å². The summed E-state index contributed by atoms with van der Waals surface area (Å²) in [5.74, 6) is 0.946. The van der Waals surface area contributed by atoms with Gasteiger partial charge >= 0.3 is 0 Å². The molecule has 0 N–H and O–H groups in total. The fourth-order valence-electron chi connectivity index (χ4n) is 5.82. The molecule has 0 fully saturated rings. The van der Waals surface area contributed by atoms with Crippen molar-refractivity contribution in [3.8, 4) is 17.0 Å². The number of ether oxygens (including phenoxy) is 1. The van der Waals surface area contributed by atoms with Crippen molar-refractivity contribution in [2.75, 3.05) is 18.6 Å². The van der Waals surface area contributed by atoms with Crippen LogP contribution in [-0.2, 0) is 6.42 Å². The molecule has 0 saturated heterocycles. The Balaban J connectivity index is 1.50. The molecule has 1 aliphatic carbocycles. The molecule has 5 aromatic rings. The number of hydrogen-bond acceptors (Lipinski definition) is 3. The Morgan fingerprint density at radius 3 is 2.31 bits per heavy atom. The maximum atomic E-state index is 6.07. The van der Waals surface area contributed by atoms with E-state index in [1.165, 1.54) is 38.5 Å². The molecule has 0 amide bonds. The number of aryl methyl sites for hydroxylation is 1. The van der Waals surface area contributed by atoms with Crippen molar-refractivity contribution in [3.63, 3.8) is 0 Å². The van der Waals surface area contributed by atoms with Gasteiger partial charge < -0.3 is 9.64 Å². The Morgan fingerprint density at radius 2 is 1.54 bits per heavy atom. The standard InChI is InChI=1S/C32H30N2O/c1-3-34(29-19-9-14-23-12-5-7-16-25(23)29)30-20-10-18-27-32(30)31(35-2)21-28(33-27)26-17-8-13-22-11-4-6-15-24(22)26/h4-9,11-17,19,21,30H,3,10,18,20H2,1-2H3. The van der Waals surface area contributed by atoms with E-state index in [0.717, 1.165) is 42.8 Å². The van der Waals surface area contributed by atoms with Gasteiger partial charge in [-0.25, -0.2) is 0 Å². The lowest BCUT2D eigenvalue weighted by Gasteiger charge is -2.38. The zero-order valence-corrected chi connectivity index (χ0v) is 20.4. The van der Waals surface area contributed by atoms with Crippen LogP contribution < -0.4 is 9.64 Å². The Labute approximate surface area is 207 Å². The number of methoxy groups -OCH3 is 1. The topological polar surface area (TPSA) is 25.4 Å². The third kappa shape index (κ3) is 3.72. The third-order valence-electron chi connectivity index (χ3n) is 7.40. The van der Waals surface area contributed by atoms with E-state index < -0.39 is 0 Å². The molecule has 0 radical (unpaired) electrons. The number of aromatic nitrogens is 1. The fraction of sp³-hybridized carbons (Fsp3) is 0.219. The Hall–Kier alpha value is -3.85. The van der Waals surface area contributed by atoms with Gasteiger partial charge in [-0.05, 0) is 48.4 Å². The first-order valence-corrected chi connectivity index (χ1v) is 12.6. The van der Waals surface area contributed by atoms with Crippen LogP contribution in [0.3, 0.4) is 0 Å². The molecule has 174 valence electrons. The first kappa shape index (κ1) is 21.7. The van der Waals surface area contributed by atoms with Crippen molar-refractivity contribution in [2.24, 2.45) is 0 Å². The Morgan fingerprint density at radius 1 is 0.857 bits per heavy atom. The minimum atomic E-state index is 0.235. The molecule has 6 rings (SSSR count). The number of anilines is 1. The van der Waals surface area contributed by atoms with Crippen molar-refractivity contribution in [1.82, 2.24) is 4.98 Å². The fourth-order valence-corrected chi connectivity index (χ4v) is 5.82. The van der Waals surface area contributed by atoms with Crippen LogP contribution in [0.5, 0.6) is 5.75 Å². The molecule has 0 spiro atoms. The maximum Gasteiger partial charge on any atom is 0.128 e. The minimum Gasteiger partial charge on any atom is -0.496 e. The SMILES string of the molecule is CCN(c1cccc2ccccc12)C1CCCc2nc(-c3cccc4ccccc34)cc(OC)c21. The second kappa shape index (κ2) is 9.07. The zero-order valence-electron chi connectivity index (χ0n) is 20.4. The summed E-state index contributed by atoms with van der Waals surface area (Å²) in [6.45, 7) is 3.17. The average Bonchev–Trinajstić information content (AvgIpc) is 2.92. The van der Waals surface area contributed by atoms with Gasteiger partial charge in [0.15, 0.2) is 0 Å². The van der Waals surface area contributed by atoms with Gasteiger partial charge in [0.25, 0.3) is 0 Å². The molecular formula is C32H30N2O. The van der Waals surface area contributed by atoms with E-state index in [2.05, 4.69) is 103 Å². The van der Waals surface area contributed by atoms with E-state index >= 15 is 0 Å². The predicted molar refractivity (Wildman–Crippen MR) is 146 cm³/mol. The van der Waals surface area contributed by atoms with Gasteiger partial charge in [0.05, 0.1) is 24.5 Å². The minimum absolute atomic E-state index is 0.235. The molecule has 4 aromatic carbocycles. The summed E-state index contributed by atoms with van der Waals surface area (Å²) < 4.78 is 6.07. The molecule has 1 atom stereocenters. The highest BCUT2D eigenvalue weighted by Gasteiger charge is 2.31. The van der Waals surface area contributed by atoms with Crippen LogP contribution in [0.25, 0.3) is 32.8 Å². The second-order valence-electron chi connectivity index (χ2n) is 9.29. The van der Waals surface area contributed by atoms with Crippen LogP contribution in [0.1, 0.15) is 37.1 Å². The molecule has 35 heavy (non-hydrogen) atoms. The smallest absolute Gasteiger partial charge is 0.128 e. The van der Waals surface area contributed by atoms with E-state index in [0.29, 0.717) is 0 Å². The highest BCUT2D eigenvalue weighted by molar-refractivity contribution is 5.96. The molecule has 1 heterocycles. The molecule has 1 aromatic heterocycles. The molecule has 3 nitrogen and oxygen atoms in total. The number of pyridine rings is 1. The Kier molecular flexibility index (Phi) is 5.61. The molecular weight excluding hydrogens is 428 g/mol. The van der Waals surface area contributed by atoms with E-state index in [4.69, 9.17) is 9.72 Å². The molecule has 0 aliphatic heterocycles. The summed E-state index contributed by atoms with van der Waals surface area (Å²) in [5, 5.41) is 5.02. The first-order valence-electron chi connectivity index (χ1n) is 12.6. The summed E-state index contributed by atoms with van der Waals surface area (Å²) >= 11 is 0. The lowest BCUT2D eigenvalue weighted by molar-refractivity contribution is 0.394. The van der Waals surface area contributed by atoms with E-state index in [-0.39, 0.29) is 6.04 Å². The highest BCUT2D eigenvalue weighted by atomic mass is 16.5.